The van der Waals surface area contributed by atoms with Gasteiger partial charge in [-0.3, -0.25) is 9.35 Å². The van der Waals surface area contributed by atoms with Gasteiger partial charge in [0.15, 0.2) is 5.43 Å². The summed E-state index contributed by atoms with van der Waals surface area (Å²) in [5, 5.41) is 0.142. The first-order valence-electron chi connectivity index (χ1n) is 4.82. The number of hydrogen-bond acceptors (Lipinski definition) is 4. The van der Waals surface area contributed by atoms with E-state index in [9.17, 15) is 13.2 Å². The van der Waals surface area contributed by atoms with Gasteiger partial charge in [0.2, 0.25) is 0 Å². The average Bonchev–Trinajstić information content (AvgIpc) is 2.24. The van der Waals surface area contributed by atoms with Gasteiger partial charge < -0.3 is 5.84 Å². The molecule has 0 saturated heterocycles. The van der Waals surface area contributed by atoms with Crippen LogP contribution in [0.3, 0.4) is 0 Å². The Bertz CT molecular complexity index is 766. The third kappa shape index (κ3) is 2.67. The van der Waals surface area contributed by atoms with Gasteiger partial charge in [-0.1, -0.05) is 0 Å². The molecule has 0 aliphatic heterocycles. The molecule has 0 bridgehead atoms. The standard InChI is InChI=1S/C11H10O5S.Na.H/c1-6-7(2)16-10-4-3-8(17(13,14)15)5-9(10)11(6)12;;/h3-5H,1-2H3,(H,13,14,15);;/q;+1;-1. The second kappa shape index (κ2) is 5.14. The van der Waals surface area contributed by atoms with Gasteiger partial charge >= 0.3 is 29.6 Å². The van der Waals surface area contributed by atoms with Crippen LogP contribution in [0.1, 0.15) is 12.8 Å². The third-order valence-electron chi connectivity index (χ3n) is 2.63. The molecule has 1 N–H and O–H groups in total. The molecule has 0 unspecified atom stereocenters. The molecular formula is C11H11NaO5S. The van der Waals surface area contributed by atoms with Crippen molar-refractivity contribution in [2.24, 2.45) is 0 Å². The first-order valence-corrected chi connectivity index (χ1v) is 6.26. The molecule has 18 heavy (non-hydrogen) atoms. The second-order valence-electron chi connectivity index (χ2n) is 3.75. The molecule has 2 aromatic rings. The molecule has 92 valence electrons. The maximum atomic E-state index is 11.9. The zero-order valence-corrected chi connectivity index (χ0v) is 13.0. The SMILES string of the molecule is Cc1oc2ccc(S(=O)(=O)O)cc2c(=O)c1C.[H-].[Na+]. The maximum Gasteiger partial charge on any atom is 1.00 e. The Morgan fingerprint density at radius 3 is 2.44 bits per heavy atom. The van der Waals surface area contributed by atoms with Gasteiger partial charge in [0.05, 0.1) is 10.3 Å². The van der Waals surface area contributed by atoms with Crippen LogP contribution in [-0.2, 0) is 10.1 Å². The molecule has 0 fully saturated rings. The van der Waals surface area contributed by atoms with E-state index in [1.54, 1.807) is 13.8 Å². The van der Waals surface area contributed by atoms with Crippen molar-refractivity contribution < 1.29 is 48.4 Å². The van der Waals surface area contributed by atoms with Crippen LogP contribution in [0.25, 0.3) is 11.0 Å². The van der Waals surface area contributed by atoms with Gasteiger partial charge in [0, 0.05) is 5.56 Å². The molecule has 0 saturated carbocycles. The summed E-state index contributed by atoms with van der Waals surface area (Å²) in [6, 6.07) is 3.66. The van der Waals surface area contributed by atoms with Gasteiger partial charge in [0.1, 0.15) is 11.3 Å². The molecule has 7 heteroatoms. The van der Waals surface area contributed by atoms with E-state index in [4.69, 9.17) is 8.97 Å². The quantitative estimate of drug-likeness (QED) is 0.522. The number of rotatable bonds is 1. The average molecular weight is 278 g/mol. The predicted octanol–water partition coefficient (Wildman–Crippen LogP) is -1.23. The smallest absolute Gasteiger partial charge is 1.00 e. The van der Waals surface area contributed by atoms with Gasteiger partial charge in [-0.25, -0.2) is 0 Å². The van der Waals surface area contributed by atoms with Crippen molar-refractivity contribution in [2.75, 3.05) is 0 Å². The van der Waals surface area contributed by atoms with Crippen molar-refractivity contribution in [3.05, 3.63) is 39.7 Å². The molecule has 5 nitrogen and oxygen atoms in total. The van der Waals surface area contributed by atoms with Crippen molar-refractivity contribution in [1.29, 1.82) is 0 Å². The fraction of sp³-hybridized carbons (Fsp3) is 0.182. The number of hydrogen-bond donors (Lipinski definition) is 1. The van der Waals surface area contributed by atoms with E-state index in [-0.39, 0.29) is 46.7 Å². The number of fused-ring (bicyclic) bond motifs is 1. The van der Waals surface area contributed by atoms with Gasteiger partial charge in [-0.05, 0) is 32.0 Å². The zero-order valence-electron chi connectivity index (χ0n) is 11.2. The summed E-state index contributed by atoms with van der Waals surface area (Å²) in [4.78, 5) is 11.6. The molecule has 1 heterocycles. The first kappa shape index (κ1) is 15.4. The molecule has 2 rings (SSSR count). The minimum Gasteiger partial charge on any atom is -1.00 e. The van der Waals surface area contributed by atoms with Gasteiger partial charge in [-0.2, -0.15) is 8.42 Å². The Kier molecular flexibility index (Phi) is 4.40. The van der Waals surface area contributed by atoms with Crippen molar-refractivity contribution in [2.45, 2.75) is 18.7 Å². The van der Waals surface area contributed by atoms with E-state index in [0.29, 0.717) is 16.9 Å². The first-order chi connectivity index (χ1) is 7.80. The molecule has 0 aliphatic carbocycles. The molecular weight excluding hydrogens is 267 g/mol. The zero-order chi connectivity index (χ0) is 12.8. The molecule has 0 radical (unpaired) electrons. The van der Waals surface area contributed by atoms with Crippen molar-refractivity contribution in [3.63, 3.8) is 0 Å². The summed E-state index contributed by atoms with van der Waals surface area (Å²) in [6.07, 6.45) is 0. The second-order valence-corrected chi connectivity index (χ2v) is 5.17. The Balaban J connectivity index is 0.00000162. The number of aryl methyl sites for hydroxylation is 1. The fourth-order valence-corrected chi connectivity index (χ4v) is 2.05. The van der Waals surface area contributed by atoms with Crippen LogP contribution in [-0.4, -0.2) is 13.0 Å². The van der Waals surface area contributed by atoms with Crippen LogP contribution in [0.2, 0.25) is 0 Å². The summed E-state index contributed by atoms with van der Waals surface area (Å²) in [5.74, 6) is 0.488. The van der Waals surface area contributed by atoms with Crippen LogP contribution < -0.4 is 35.0 Å². The largest absolute Gasteiger partial charge is 1.00 e. The van der Waals surface area contributed by atoms with Crippen LogP contribution in [0.4, 0.5) is 0 Å². The Morgan fingerprint density at radius 2 is 1.89 bits per heavy atom. The maximum absolute atomic E-state index is 11.9. The van der Waals surface area contributed by atoms with Gasteiger partial charge in [0.25, 0.3) is 10.1 Å². The molecule has 0 aliphatic rings. The Labute approximate surface area is 127 Å². The van der Waals surface area contributed by atoms with E-state index < -0.39 is 10.1 Å². The van der Waals surface area contributed by atoms with Gasteiger partial charge in [-0.15, -0.1) is 0 Å². The summed E-state index contributed by atoms with van der Waals surface area (Å²) in [5.41, 5.74) is 0.421. The van der Waals surface area contributed by atoms with E-state index in [1.165, 1.54) is 12.1 Å². The van der Waals surface area contributed by atoms with Crippen LogP contribution >= 0.6 is 0 Å². The van der Waals surface area contributed by atoms with E-state index in [1.807, 2.05) is 0 Å². The van der Waals surface area contributed by atoms with Crippen LogP contribution in [0.5, 0.6) is 0 Å². The normalized spacial score (nSPS) is 11.3. The van der Waals surface area contributed by atoms with E-state index in [0.717, 1.165) is 6.07 Å². The van der Waals surface area contributed by atoms with Crippen molar-refractivity contribution in [1.82, 2.24) is 0 Å². The molecule has 1 aromatic carbocycles. The molecule has 1 aromatic heterocycles. The predicted molar refractivity (Wildman–Crippen MR) is 62.9 cm³/mol. The summed E-state index contributed by atoms with van der Waals surface area (Å²) < 4.78 is 36.2. The number of benzene rings is 1. The fourth-order valence-electron chi connectivity index (χ4n) is 1.54. The summed E-state index contributed by atoms with van der Waals surface area (Å²) in [7, 11) is -4.31. The Morgan fingerprint density at radius 1 is 1.28 bits per heavy atom. The Hall–Kier alpha value is -0.660. The van der Waals surface area contributed by atoms with Crippen molar-refractivity contribution in [3.8, 4) is 0 Å². The minimum atomic E-state index is -4.31. The van der Waals surface area contributed by atoms with Crippen LogP contribution in [0.15, 0.2) is 32.3 Å². The minimum absolute atomic E-state index is 0. The monoisotopic (exact) mass is 278 g/mol. The molecule has 0 amide bonds. The van der Waals surface area contributed by atoms with Crippen LogP contribution in [0, 0.1) is 13.8 Å². The van der Waals surface area contributed by atoms with E-state index in [2.05, 4.69) is 0 Å². The van der Waals surface area contributed by atoms with Crippen molar-refractivity contribution >= 4 is 21.1 Å². The van der Waals surface area contributed by atoms with E-state index >= 15 is 0 Å². The summed E-state index contributed by atoms with van der Waals surface area (Å²) >= 11 is 0. The molecule has 0 spiro atoms. The third-order valence-corrected chi connectivity index (χ3v) is 3.47. The summed E-state index contributed by atoms with van der Waals surface area (Å²) in [6.45, 7) is 3.26. The topological polar surface area (TPSA) is 84.6 Å². The molecule has 0 atom stereocenters.